The first kappa shape index (κ1) is 16.0. The molecule has 3 unspecified atom stereocenters. The van der Waals surface area contributed by atoms with E-state index in [1.54, 1.807) is 13.8 Å². The van der Waals surface area contributed by atoms with Gasteiger partial charge in [0.05, 0.1) is 18.9 Å². The molecule has 1 rings (SSSR count). The van der Waals surface area contributed by atoms with Crippen LogP contribution in [0.25, 0.3) is 0 Å². The molecule has 4 nitrogen and oxygen atoms in total. The molecule has 0 aromatic rings. The quantitative estimate of drug-likeness (QED) is 0.798. The molecular weight excluding hydrogens is 242 g/mol. The fraction of sp³-hybridized carbons (Fsp3) is 0.867. The van der Waals surface area contributed by atoms with E-state index in [0.29, 0.717) is 11.8 Å². The number of hydrogen-bond acceptors (Lipinski definition) is 3. The summed E-state index contributed by atoms with van der Waals surface area (Å²) in [5.41, 5.74) is -0.715. The van der Waals surface area contributed by atoms with Crippen molar-refractivity contribution in [2.24, 2.45) is 17.3 Å². The van der Waals surface area contributed by atoms with E-state index in [4.69, 9.17) is 0 Å². The summed E-state index contributed by atoms with van der Waals surface area (Å²) in [7, 11) is 1.35. The lowest BCUT2D eigenvalue weighted by molar-refractivity contribution is -0.147. The topological polar surface area (TPSA) is 55.4 Å². The Bertz CT molecular complexity index is 338. The molecule has 0 heterocycles. The van der Waals surface area contributed by atoms with Gasteiger partial charge in [-0.3, -0.25) is 9.59 Å². The summed E-state index contributed by atoms with van der Waals surface area (Å²) in [6.07, 6.45) is 3.55. The molecule has 1 aliphatic carbocycles. The van der Waals surface area contributed by atoms with Crippen LogP contribution in [-0.2, 0) is 14.3 Å². The third-order valence-corrected chi connectivity index (χ3v) is 4.45. The van der Waals surface area contributed by atoms with Crippen LogP contribution in [0.4, 0.5) is 0 Å². The third kappa shape index (κ3) is 4.22. The molecule has 0 aromatic carbocycles. The largest absolute Gasteiger partial charge is 0.469 e. The first-order valence-electron chi connectivity index (χ1n) is 7.15. The molecule has 1 fully saturated rings. The van der Waals surface area contributed by atoms with Gasteiger partial charge < -0.3 is 10.1 Å². The van der Waals surface area contributed by atoms with Crippen molar-refractivity contribution in [1.29, 1.82) is 0 Å². The summed E-state index contributed by atoms with van der Waals surface area (Å²) < 4.78 is 4.65. The first-order chi connectivity index (χ1) is 8.77. The minimum absolute atomic E-state index is 0.0520. The zero-order valence-electron chi connectivity index (χ0n) is 12.8. The Hall–Kier alpha value is -1.06. The number of methoxy groups -OCH3 is 1. The Morgan fingerprint density at radius 3 is 2.47 bits per heavy atom. The number of hydrogen-bond donors (Lipinski definition) is 1. The fourth-order valence-corrected chi connectivity index (χ4v) is 2.66. The summed E-state index contributed by atoms with van der Waals surface area (Å²) in [6.45, 7) is 8.01. The average Bonchev–Trinajstić information content (AvgIpc) is 2.34. The van der Waals surface area contributed by atoms with Gasteiger partial charge >= 0.3 is 5.97 Å². The number of carbonyl (C=O) groups is 2. The second-order valence-corrected chi connectivity index (χ2v) is 6.48. The molecule has 1 N–H and O–H groups in total. The molecule has 110 valence electrons. The minimum Gasteiger partial charge on any atom is -0.469 e. The molecular formula is C15H27NO3. The van der Waals surface area contributed by atoms with Crippen molar-refractivity contribution in [2.75, 3.05) is 7.11 Å². The highest BCUT2D eigenvalue weighted by Gasteiger charge is 2.35. The number of ether oxygens (including phenoxy) is 1. The highest BCUT2D eigenvalue weighted by atomic mass is 16.5. The average molecular weight is 269 g/mol. The van der Waals surface area contributed by atoms with Crippen molar-refractivity contribution in [2.45, 2.75) is 59.4 Å². The highest BCUT2D eigenvalue weighted by molar-refractivity contribution is 5.86. The van der Waals surface area contributed by atoms with Crippen LogP contribution < -0.4 is 5.32 Å². The van der Waals surface area contributed by atoms with Crippen molar-refractivity contribution in [3.63, 3.8) is 0 Å². The van der Waals surface area contributed by atoms with Crippen LogP contribution in [0.2, 0.25) is 0 Å². The summed E-state index contributed by atoms with van der Waals surface area (Å²) in [4.78, 5) is 23.7. The second kappa shape index (κ2) is 6.40. The molecule has 0 aromatic heterocycles. The summed E-state index contributed by atoms with van der Waals surface area (Å²) in [5, 5.41) is 3.12. The molecule has 1 aliphatic rings. The van der Waals surface area contributed by atoms with Crippen LogP contribution in [0.3, 0.4) is 0 Å². The van der Waals surface area contributed by atoms with E-state index in [2.05, 4.69) is 23.9 Å². The third-order valence-electron chi connectivity index (χ3n) is 4.45. The Kier molecular flexibility index (Phi) is 5.39. The fourth-order valence-electron chi connectivity index (χ4n) is 2.66. The van der Waals surface area contributed by atoms with Gasteiger partial charge in [0, 0.05) is 6.04 Å². The highest BCUT2D eigenvalue weighted by Crippen LogP contribution is 2.30. The van der Waals surface area contributed by atoms with Gasteiger partial charge in [0.25, 0.3) is 0 Å². The standard InChI is InChI=1S/C15H27NO3/c1-10-7-6-8-12(11(10)2)16-14(18)15(3,4)9-13(17)19-5/h10-12H,6-9H2,1-5H3,(H,16,18). The smallest absolute Gasteiger partial charge is 0.306 e. The Balaban J connectivity index is 2.60. The molecule has 1 amide bonds. The molecule has 1 saturated carbocycles. The number of carbonyl (C=O) groups excluding carboxylic acids is 2. The molecule has 0 spiro atoms. The van der Waals surface area contributed by atoms with Crippen molar-refractivity contribution in [1.82, 2.24) is 5.32 Å². The Labute approximate surface area is 116 Å². The normalized spacial score (nSPS) is 27.7. The summed E-state index contributed by atoms with van der Waals surface area (Å²) >= 11 is 0. The van der Waals surface area contributed by atoms with E-state index < -0.39 is 5.41 Å². The van der Waals surface area contributed by atoms with E-state index in [-0.39, 0.29) is 24.3 Å². The lowest BCUT2D eigenvalue weighted by atomic mass is 9.77. The van der Waals surface area contributed by atoms with Crippen LogP contribution in [-0.4, -0.2) is 25.0 Å². The van der Waals surface area contributed by atoms with Crippen LogP contribution in [0.1, 0.15) is 53.4 Å². The molecule has 3 atom stereocenters. The monoisotopic (exact) mass is 269 g/mol. The number of rotatable bonds is 4. The second-order valence-electron chi connectivity index (χ2n) is 6.48. The first-order valence-corrected chi connectivity index (χ1v) is 7.15. The van der Waals surface area contributed by atoms with Crippen LogP contribution >= 0.6 is 0 Å². The van der Waals surface area contributed by atoms with Crippen LogP contribution in [0, 0.1) is 17.3 Å². The van der Waals surface area contributed by atoms with Crippen molar-refractivity contribution < 1.29 is 14.3 Å². The molecule has 0 bridgehead atoms. The Morgan fingerprint density at radius 2 is 1.89 bits per heavy atom. The van der Waals surface area contributed by atoms with Gasteiger partial charge in [-0.05, 0) is 18.3 Å². The number of esters is 1. The van der Waals surface area contributed by atoms with Gasteiger partial charge in [0.2, 0.25) is 5.91 Å². The Morgan fingerprint density at radius 1 is 1.26 bits per heavy atom. The minimum atomic E-state index is -0.715. The molecule has 0 saturated heterocycles. The molecule has 19 heavy (non-hydrogen) atoms. The zero-order valence-corrected chi connectivity index (χ0v) is 12.8. The van der Waals surface area contributed by atoms with Gasteiger partial charge in [0.1, 0.15) is 0 Å². The SMILES string of the molecule is COC(=O)CC(C)(C)C(=O)NC1CCCC(C)C1C. The predicted molar refractivity (Wildman–Crippen MR) is 74.5 cm³/mol. The maximum Gasteiger partial charge on any atom is 0.306 e. The van der Waals surface area contributed by atoms with Crippen molar-refractivity contribution >= 4 is 11.9 Å². The zero-order chi connectivity index (χ0) is 14.6. The summed E-state index contributed by atoms with van der Waals surface area (Å²) in [6, 6.07) is 0.230. The van der Waals surface area contributed by atoms with Gasteiger partial charge in [-0.2, -0.15) is 0 Å². The van der Waals surface area contributed by atoms with E-state index in [0.717, 1.165) is 12.8 Å². The van der Waals surface area contributed by atoms with E-state index in [9.17, 15) is 9.59 Å². The number of nitrogens with one attached hydrogen (secondary N) is 1. The molecule has 4 heteroatoms. The lowest BCUT2D eigenvalue weighted by Gasteiger charge is -2.36. The van der Waals surface area contributed by atoms with Crippen LogP contribution in [0.5, 0.6) is 0 Å². The van der Waals surface area contributed by atoms with Crippen molar-refractivity contribution in [3.05, 3.63) is 0 Å². The number of amides is 1. The van der Waals surface area contributed by atoms with E-state index in [1.807, 2.05) is 0 Å². The lowest BCUT2D eigenvalue weighted by Crippen LogP contribution is -2.48. The molecule has 0 aliphatic heterocycles. The van der Waals surface area contributed by atoms with E-state index >= 15 is 0 Å². The maximum atomic E-state index is 12.3. The van der Waals surface area contributed by atoms with Gasteiger partial charge in [-0.25, -0.2) is 0 Å². The predicted octanol–water partition coefficient (Wildman–Crippen LogP) is 2.52. The maximum absolute atomic E-state index is 12.3. The summed E-state index contributed by atoms with van der Waals surface area (Å²) in [5.74, 6) is 0.739. The van der Waals surface area contributed by atoms with Crippen LogP contribution in [0.15, 0.2) is 0 Å². The van der Waals surface area contributed by atoms with Gasteiger partial charge in [0.15, 0.2) is 0 Å². The molecule has 0 radical (unpaired) electrons. The van der Waals surface area contributed by atoms with Crippen molar-refractivity contribution in [3.8, 4) is 0 Å². The van der Waals surface area contributed by atoms with Gasteiger partial charge in [-0.15, -0.1) is 0 Å². The van der Waals surface area contributed by atoms with E-state index in [1.165, 1.54) is 13.5 Å². The van der Waals surface area contributed by atoms with Gasteiger partial charge in [-0.1, -0.05) is 40.5 Å².